The van der Waals surface area contributed by atoms with E-state index in [2.05, 4.69) is 0 Å². The number of carboxylic acids is 1. The highest BCUT2D eigenvalue weighted by Gasteiger charge is 2.20. The van der Waals surface area contributed by atoms with E-state index in [-0.39, 0.29) is 18.9 Å². The molecular formula is C14H18ClNO4. The van der Waals surface area contributed by atoms with Crippen molar-refractivity contribution in [3.8, 4) is 5.75 Å². The highest BCUT2D eigenvalue weighted by atomic mass is 35.5. The van der Waals surface area contributed by atoms with Gasteiger partial charge >= 0.3 is 5.97 Å². The summed E-state index contributed by atoms with van der Waals surface area (Å²) >= 11 is 5.85. The Morgan fingerprint density at radius 3 is 2.65 bits per heavy atom. The third kappa shape index (κ3) is 4.74. The van der Waals surface area contributed by atoms with E-state index in [1.165, 1.54) is 4.90 Å². The van der Waals surface area contributed by atoms with E-state index >= 15 is 0 Å². The fourth-order valence-electron chi connectivity index (χ4n) is 1.67. The minimum atomic E-state index is -0.938. The van der Waals surface area contributed by atoms with Crippen molar-refractivity contribution >= 4 is 23.5 Å². The van der Waals surface area contributed by atoms with Crippen LogP contribution in [0.25, 0.3) is 0 Å². The molecular weight excluding hydrogens is 282 g/mol. The smallest absolute Gasteiger partial charge is 0.305 e. The van der Waals surface area contributed by atoms with Gasteiger partial charge in [-0.1, -0.05) is 11.6 Å². The summed E-state index contributed by atoms with van der Waals surface area (Å²) in [6, 6.07) is 5.15. The van der Waals surface area contributed by atoms with Gasteiger partial charge in [0.05, 0.1) is 6.42 Å². The normalized spacial score (nSPS) is 11.8. The maximum Gasteiger partial charge on any atom is 0.305 e. The van der Waals surface area contributed by atoms with E-state index in [1.54, 1.807) is 32.2 Å². The number of nitrogens with zero attached hydrogens (tertiary/aromatic N) is 1. The average molecular weight is 300 g/mol. The Morgan fingerprint density at radius 2 is 2.10 bits per heavy atom. The van der Waals surface area contributed by atoms with Crippen LogP contribution in [0, 0.1) is 6.92 Å². The van der Waals surface area contributed by atoms with Crippen LogP contribution in [0.3, 0.4) is 0 Å². The predicted octanol–water partition coefficient (Wildman–Crippen LogP) is 2.35. The first-order valence-corrected chi connectivity index (χ1v) is 6.58. The number of aryl methyl sites for hydroxylation is 1. The van der Waals surface area contributed by atoms with Gasteiger partial charge in [-0.3, -0.25) is 9.59 Å². The summed E-state index contributed by atoms with van der Waals surface area (Å²) in [7, 11) is 1.56. The molecule has 1 atom stereocenters. The zero-order valence-electron chi connectivity index (χ0n) is 11.7. The summed E-state index contributed by atoms with van der Waals surface area (Å²) in [5.74, 6) is -0.616. The lowest BCUT2D eigenvalue weighted by Gasteiger charge is -2.22. The number of carboxylic acid groups (broad SMARTS) is 1. The maximum absolute atomic E-state index is 12.0. The minimum absolute atomic E-state index is 0.0884. The van der Waals surface area contributed by atoms with Gasteiger partial charge in [0.25, 0.3) is 5.91 Å². The Hall–Kier alpha value is -1.75. The number of amides is 1. The van der Waals surface area contributed by atoms with Gasteiger partial charge in [0.2, 0.25) is 0 Å². The summed E-state index contributed by atoms with van der Waals surface area (Å²) in [4.78, 5) is 23.9. The molecule has 0 fully saturated rings. The molecule has 0 heterocycles. The lowest BCUT2D eigenvalue weighted by molar-refractivity contribution is -0.140. The molecule has 110 valence electrons. The number of halogens is 1. The molecule has 0 aliphatic rings. The molecule has 0 aliphatic carbocycles. The van der Waals surface area contributed by atoms with Gasteiger partial charge < -0.3 is 14.7 Å². The molecule has 0 radical (unpaired) electrons. The second-order valence-corrected chi connectivity index (χ2v) is 5.01. The van der Waals surface area contributed by atoms with Crippen molar-refractivity contribution in [3.63, 3.8) is 0 Å². The predicted molar refractivity (Wildman–Crippen MR) is 76.2 cm³/mol. The third-order valence-corrected chi connectivity index (χ3v) is 3.06. The fourth-order valence-corrected chi connectivity index (χ4v) is 1.90. The van der Waals surface area contributed by atoms with Crippen molar-refractivity contribution < 1.29 is 19.4 Å². The lowest BCUT2D eigenvalue weighted by Crippen LogP contribution is -2.39. The largest absolute Gasteiger partial charge is 0.481 e. The Bertz CT molecular complexity index is 504. The van der Waals surface area contributed by atoms with Gasteiger partial charge in [-0.2, -0.15) is 0 Å². The molecule has 1 amide bonds. The Morgan fingerprint density at radius 1 is 1.45 bits per heavy atom. The van der Waals surface area contributed by atoms with Crippen LogP contribution in [-0.2, 0) is 9.59 Å². The topological polar surface area (TPSA) is 66.8 Å². The van der Waals surface area contributed by atoms with Crippen molar-refractivity contribution in [2.45, 2.75) is 26.4 Å². The Kier molecular flexibility index (Phi) is 5.82. The number of ether oxygens (including phenoxy) is 1. The molecule has 20 heavy (non-hydrogen) atoms. The van der Waals surface area contributed by atoms with Crippen LogP contribution < -0.4 is 4.74 Å². The van der Waals surface area contributed by atoms with Crippen molar-refractivity contribution in [2.24, 2.45) is 0 Å². The van der Waals surface area contributed by atoms with Gasteiger partial charge in [-0.05, 0) is 37.6 Å². The van der Waals surface area contributed by atoms with Crippen LogP contribution in [-0.4, -0.2) is 41.6 Å². The summed E-state index contributed by atoms with van der Waals surface area (Å²) in [6.45, 7) is 3.63. The average Bonchev–Trinajstić information content (AvgIpc) is 2.38. The quantitative estimate of drug-likeness (QED) is 0.875. The van der Waals surface area contributed by atoms with E-state index in [9.17, 15) is 9.59 Å². The first-order valence-electron chi connectivity index (χ1n) is 6.21. The number of carbonyl (C=O) groups excluding carboxylic acids is 1. The van der Waals surface area contributed by atoms with Crippen LogP contribution in [0.4, 0.5) is 0 Å². The Labute approximate surface area is 123 Å². The van der Waals surface area contributed by atoms with Gasteiger partial charge in [-0.15, -0.1) is 0 Å². The zero-order valence-corrected chi connectivity index (χ0v) is 12.5. The van der Waals surface area contributed by atoms with Crippen molar-refractivity contribution in [2.75, 3.05) is 13.6 Å². The molecule has 0 aliphatic heterocycles. The van der Waals surface area contributed by atoms with Crippen LogP contribution in [0.2, 0.25) is 5.02 Å². The molecule has 0 spiro atoms. The van der Waals surface area contributed by atoms with E-state index in [4.69, 9.17) is 21.4 Å². The number of rotatable bonds is 6. The van der Waals surface area contributed by atoms with E-state index in [0.717, 1.165) is 5.56 Å². The molecule has 5 nitrogen and oxygen atoms in total. The number of hydrogen-bond donors (Lipinski definition) is 1. The molecule has 1 unspecified atom stereocenters. The van der Waals surface area contributed by atoms with Crippen LogP contribution >= 0.6 is 11.6 Å². The zero-order chi connectivity index (χ0) is 15.3. The molecule has 0 bridgehead atoms. The van der Waals surface area contributed by atoms with Gasteiger partial charge in [0, 0.05) is 18.6 Å². The fraction of sp³-hybridized carbons (Fsp3) is 0.429. The number of carbonyl (C=O) groups is 2. The molecule has 1 rings (SSSR count). The van der Waals surface area contributed by atoms with Crippen LogP contribution in [0.1, 0.15) is 18.9 Å². The van der Waals surface area contributed by atoms with Crippen molar-refractivity contribution in [3.05, 3.63) is 28.8 Å². The van der Waals surface area contributed by atoms with Crippen LogP contribution in [0.5, 0.6) is 5.75 Å². The van der Waals surface area contributed by atoms with E-state index < -0.39 is 12.1 Å². The summed E-state index contributed by atoms with van der Waals surface area (Å²) in [5, 5.41) is 9.20. The molecule has 1 aromatic rings. The van der Waals surface area contributed by atoms with E-state index in [0.29, 0.717) is 10.8 Å². The van der Waals surface area contributed by atoms with Gasteiger partial charge in [0.15, 0.2) is 6.10 Å². The van der Waals surface area contributed by atoms with Crippen molar-refractivity contribution in [1.82, 2.24) is 4.90 Å². The summed E-state index contributed by atoms with van der Waals surface area (Å²) in [5.41, 5.74) is 0.838. The minimum Gasteiger partial charge on any atom is -0.481 e. The highest BCUT2D eigenvalue weighted by Crippen LogP contribution is 2.23. The second kappa shape index (κ2) is 7.14. The highest BCUT2D eigenvalue weighted by molar-refractivity contribution is 6.30. The first-order chi connectivity index (χ1) is 9.31. The number of likely N-dealkylation sites (N-methyl/N-ethyl adjacent to an activating group) is 1. The SMILES string of the molecule is Cc1cc(Cl)ccc1OC(C)C(=O)N(C)CCC(=O)O. The summed E-state index contributed by atoms with van der Waals surface area (Å²) < 4.78 is 5.59. The van der Waals surface area contributed by atoms with Gasteiger partial charge in [-0.25, -0.2) is 0 Å². The number of aliphatic carboxylic acids is 1. The Balaban J connectivity index is 2.63. The standard InChI is InChI=1S/C14H18ClNO4/c1-9-8-11(15)4-5-12(9)20-10(2)14(19)16(3)7-6-13(17)18/h4-5,8,10H,6-7H2,1-3H3,(H,17,18). The molecule has 0 saturated carbocycles. The first kappa shape index (κ1) is 16.3. The molecule has 6 heteroatoms. The monoisotopic (exact) mass is 299 g/mol. The number of hydrogen-bond acceptors (Lipinski definition) is 3. The third-order valence-electron chi connectivity index (χ3n) is 2.83. The summed E-state index contributed by atoms with van der Waals surface area (Å²) in [6.07, 6.45) is -0.775. The maximum atomic E-state index is 12.0. The van der Waals surface area contributed by atoms with E-state index in [1.807, 2.05) is 6.92 Å². The second-order valence-electron chi connectivity index (χ2n) is 4.57. The molecule has 1 N–H and O–H groups in total. The molecule has 1 aromatic carbocycles. The van der Waals surface area contributed by atoms with Gasteiger partial charge in [0.1, 0.15) is 5.75 Å². The lowest BCUT2D eigenvalue weighted by atomic mass is 10.2. The molecule has 0 aromatic heterocycles. The van der Waals surface area contributed by atoms with Crippen molar-refractivity contribution in [1.29, 1.82) is 0 Å². The van der Waals surface area contributed by atoms with Crippen LogP contribution in [0.15, 0.2) is 18.2 Å². The number of benzene rings is 1. The molecule has 0 saturated heterocycles.